The summed E-state index contributed by atoms with van der Waals surface area (Å²) in [7, 11) is 1.20. The third-order valence-electron chi connectivity index (χ3n) is 2.91. The molecule has 0 amide bonds. The number of benzene rings is 1. The fourth-order valence-electron chi connectivity index (χ4n) is 1.67. The van der Waals surface area contributed by atoms with Crippen molar-refractivity contribution >= 4 is 27.3 Å². The van der Waals surface area contributed by atoms with Gasteiger partial charge in [0.1, 0.15) is 9.92 Å². The molecule has 0 aliphatic rings. The fourth-order valence-corrected chi connectivity index (χ4v) is 3.46. The van der Waals surface area contributed by atoms with Crippen LogP contribution in [0.3, 0.4) is 0 Å². The third-order valence-corrected chi connectivity index (χ3v) is 5.30. The summed E-state index contributed by atoms with van der Waals surface area (Å²) in [6.07, 6.45) is 0. The Hall–Kier alpha value is -1.22. The van der Waals surface area contributed by atoms with E-state index in [0.29, 0.717) is 12.1 Å². The Balaban J connectivity index is 3.28. The summed E-state index contributed by atoms with van der Waals surface area (Å²) < 4.78 is 26.1. The van der Waals surface area contributed by atoms with Gasteiger partial charge in [0.05, 0.1) is 4.92 Å². The zero-order chi connectivity index (χ0) is 16.4. The second-order valence-electron chi connectivity index (χ2n) is 4.98. The van der Waals surface area contributed by atoms with Gasteiger partial charge in [0.25, 0.3) is 5.69 Å². The quantitative estimate of drug-likeness (QED) is 0.584. The van der Waals surface area contributed by atoms with Crippen LogP contribution in [0.4, 0.5) is 5.69 Å². The molecule has 0 saturated heterocycles. The van der Waals surface area contributed by atoms with Crippen LogP contribution in [-0.4, -0.2) is 56.8 Å². The molecule has 0 aromatic heterocycles. The van der Waals surface area contributed by atoms with Crippen molar-refractivity contribution < 1.29 is 13.3 Å². The van der Waals surface area contributed by atoms with Crippen molar-refractivity contribution in [3.63, 3.8) is 0 Å². The first-order valence-electron chi connectivity index (χ1n) is 6.13. The molecule has 21 heavy (non-hydrogen) atoms. The number of likely N-dealkylation sites (N-methyl/N-ethyl adjacent to an activating group) is 2. The van der Waals surface area contributed by atoms with E-state index in [1.165, 1.54) is 19.2 Å². The van der Waals surface area contributed by atoms with Gasteiger partial charge in [-0.15, -0.1) is 0 Å². The molecule has 7 nitrogen and oxygen atoms in total. The Labute approximate surface area is 129 Å². The van der Waals surface area contributed by atoms with Crippen LogP contribution in [0.1, 0.15) is 5.56 Å². The van der Waals surface area contributed by atoms with Gasteiger partial charge in [-0.05, 0) is 32.6 Å². The van der Waals surface area contributed by atoms with Crippen molar-refractivity contribution in [3.8, 4) is 0 Å². The van der Waals surface area contributed by atoms with Crippen LogP contribution in [-0.2, 0) is 10.0 Å². The van der Waals surface area contributed by atoms with Crippen molar-refractivity contribution in [2.24, 2.45) is 0 Å². The van der Waals surface area contributed by atoms with Crippen LogP contribution in [0.2, 0.25) is 5.02 Å². The molecule has 0 N–H and O–H groups in total. The molecule has 0 saturated carbocycles. The first kappa shape index (κ1) is 17.8. The number of sulfonamides is 1. The van der Waals surface area contributed by atoms with Gasteiger partial charge in [-0.2, -0.15) is 4.31 Å². The molecule has 118 valence electrons. The molecule has 1 aromatic rings. The van der Waals surface area contributed by atoms with Crippen LogP contribution in [0, 0.1) is 17.0 Å². The Bertz CT molecular complexity index is 646. The lowest BCUT2D eigenvalue weighted by Crippen LogP contribution is -2.33. The first-order chi connectivity index (χ1) is 9.57. The van der Waals surface area contributed by atoms with E-state index in [1.54, 1.807) is 6.92 Å². The predicted octanol–water partition coefficient (Wildman–Crippen LogP) is 1.74. The van der Waals surface area contributed by atoms with Gasteiger partial charge in [-0.3, -0.25) is 10.1 Å². The minimum Gasteiger partial charge on any atom is -0.308 e. The highest BCUT2D eigenvalue weighted by molar-refractivity contribution is 7.89. The maximum Gasteiger partial charge on any atom is 0.289 e. The molecule has 0 unspecified atom stereocenters. The number of aryl methyl sites for hydroxylation is 1. The average molecular weight is 336 g/mol. The van der Waals surface area contributed by atoms with Gasteiger partial charge in [-0.25, -0.2) is 8.42 Å². The number of nitro groups is 1. The molecule has 0 bridgehead atoms. The van der Waals surface area contributed by atoms with E-state index in [1.807, 2.05) is 19.0 Å². The molecule has 1 aromatic carbocycles. The standard InChI is InChI=1S/C12H18ClN3O4S/c1-9-7-10(16(17)18)12(13)11(8-9)21(19,20)15(4)6-5-14(2)3/h7-8H,5-6H2,1-4H3. The van der Waals surface area contributed by atoms with Gasteiger partial charge in [-0.1, -0.05) is 11.6 Å². The fraction of sp³-hybridized carbons (Fsp3) is 0.500. The maximum absolute atomic E-state index is 12.5. The average Bonchev–Trinajstić information content (AvgIpc) is 2.37. The summed E-state index contributed by atoms with van der Waals surface area (Å²) in [6.45, 7) is 2.37. The summed E-state index contributed by atoms with van der Waals surface area (Å²) >= 11 is 5.91. The zero-order valence-corrected chi connectivity index (χ0v) is 13.9. The number of hydrogen-bond donors (Lipinski definition) is 0. The molecule has 0 aliphatic heterocycles. The molecule has 0 heterocycles. The lowest BCUT2D eigenvalue weighted by Gasteiger charge is -2.20. The van der Waals surface area contributed by atoms with E-state index < -0.39 is 20.6 Å². The molecule has 0 radical (unpaired) electrons. The van der Waals surface area contributed by atoms with E-state index in [-0.39, 0.29) is 16.5 Å². The minimum atomic E-state index is -3.87. The summed E-state index contributed by atoms with van der Waals surface area (Å²) in [4.78, 5) is 11.9. The normalized spacial score (nSPS) is 12.1. The third kappa shape index (κ3) is 4.13. The number of nitro benzene ring substituents is 1. The Morgan fingerprint density at radius 1 is 1.24 bits per heavy atom. The highest BCUT2D eigenvalue weighted by Gasteiger charge is 2.28. The number of nitrogens with zero attached hydrogens (tertiary/aromatic N) is 3. The van der Waals surface area contributed by atoms with E-state index in [9.17, 15) is 18.5 Å². The van der Waals surface area contributed by atoms with Crippen molar-refractivity contribution in [1.82, 2.24) is 9.21 Å². The molecule has 0 atom stereocenters. The molecular weight excluding hydrogens is 318 g/mol. The summed E-state index contributed by atoms with van der Waals surface area (Å²) in [5, 5.41) is 10.6. The van der Waals surface area contributed by atoms with Crippen LogP contribution >= 0.6 is 11.6 Å². The van der Waals surface area contributed by atoms with Crippen molar-refractivity contribution in [3.05, 3.63) is 32.8 Å². The minimum absolute atomic E-state index is 0.239. The molecule has 1 rings (SSSR count). The van der Waals surface area contributed by atoms with Gasteiger partial charge < -0.3 is 4.90 Å². The molecular formula is C12H18ClN3O4S. The SMILES string of the molecule is Cc1cc([N+](=O)[O-])c(Cl)c(S(=O)(=O)N(C)CCN(C)C)c1. The zero-order valence-electron chi connectivity index (χ0n) is 12.3. The van der Waals surface area contributed by atoms with Crippen LogP contribution in [0.5, 0.6) is 0 Å². The highest BCUT2D eigenvalue weighted by atomic mass is 35.5. The topological polar surface area (TPSA) is 83.8 Å². The smallest absolute Gasteiger partial charge is 0.289 e. The van der Waals surface area contributed by atoms with Crippen molar-refractivity contribution in [2.75, 3.05) is 34.2 Å². The van der Waals surface area contributed by atoms with Gasteiger partial charge in [0, 0.05) is 26.2 Å². The van der Waals surface area contributed by atoms with E-state index in [4.69, 9.17) is 11.6 Å². The number of hydrogen-bond acceptors (Lipinski definition) is 5. The summed E-state index contributed by atoms with van der Waals surface area (Å²) in [5.74, 6) is 0. The lowest BCUT2D eigenvalue weighted by atomic mass is 10.2. The highest BCUT2D eigenvalue weighted by Crippen LogP contribution is 2.33. The largest absolute Gasteiger partial charge is 0.308 e. The van der Waals surface area contributed by atoms with Gasteiger partial charge >= 0.3 is 0 Å². The predicted molar refractivity (Wildman–Crippen MR) is 81.2 cm³/mol. The van der Waals surface area contributed by atoms with E-state index in [0.717, 1.165) is 4.31 Å². The summed E-state index contributed by atoms with van der Waals surface area (Å²) in [5.41, 5.74) is 0.0573. The molecule has 9 heteroatoms. The number of halogens is 1. The van der Waals surface area contributed by atoms with Crippen LogP contribution < -0.4 is 0 Å². The van der Waals surface area contributed by atoms with Crippen molar-refractivity contribution in [1.29, 1.82) is 0 Å². The molecule has 0 fully saturated rings. The maximum atomic E-state index is 12.5. The first-order valence-corrected chi connectivity index (χ1v) is 7.94. The van der Waals surface area contributed by atoms with Crippen LogP contribution in [0.25, 0.3) is 0 Å². The van der Waals surface area contributed by atoms with Crippen molar-refractivity contribution in [2.45, 2.75) is 11.8 Å². The Morgan fingerprint density at radius 2 is 1.81 bits per heavy atom. The summed E-state index contributed by atoms with van der Waals surface area (Å²) in [6, 6.07) is 2.60. The Morgan fingerprint density at radius 3 is 2.29 bits per heavy atom. The van der Waals surface area contributed by atoms with E-state index >= 15 is 0 Å². The Kier molecular flexibility index (Phi) is 5.68. The number of rotatable bonds is 6. The molecule has 0 aliphatic carbocycles. The lowest BCUT2D eigenvalue weighted by molar-refractivity contribution is -0.385. The molecule has 0 spiro atoms. The second kappa shape index (κ2) is 6.69. The van der Waals surface area contributed by atoms with Gasteiger partial charge in [0.15, 0.2) is 0 Å². The van der Waals surface area contributed by atoms with E-state index in [2.05, 4.69) is 0 Å². The second-order valence-corrected chi connectivity index (χ2v) is 7.37. The monoisotopic (exact) mass is 335 g/mol. The van der Waals surface area contributed by atoms with Crippen LogP contribution in [0.15, 0.2) is 17.0 Å². The van der Waals surface area contributed by atoms with Gasteiger partial charge in [0.2, 0.25) is 10.0 Å².